The van der Waals surface area contributed by atoms with Crippen LogP contribution in [0.1, 0.15) is 17.2 Å². The van der Waals surface area contributed by atoms with Crippen LogP contribution in [0.2, 0.25) is 0 Å². The molecule has 0 aliphatic heterocycles. The fourth-order valence-corrected chi connectivity index (χ4v) is 2.58. The second-order valence-electron chi connectivity index (χ2n) is 5.62. The minimum atomic E-state index is -2.92. The van der Waals surface area contributed by atoms with E-state index in [0.29, 0.717) is 23.6 Å². The number of halogens is 2. The molecule has 0 fully saturated rings. The van der Waals surface area contributed by atoms with Crippen molar-refractivity contribution in [2.45, 2.75) is 19.3 Å². The molecule has 0 aromatic heterocycles. The third kappa shape index (κ3) is 5.70. The molecule has 1 unspecified atom stereocenters. The summed E-state index contributed by atoms with van der Waals surface area (Å²) in [7, 11) is 4.45. The number of ether oxygens (including phenoxy) is 4. The van der Waals surface area contributed by atoms with Crippen molar-refractivity contribution in [1.29, 1.82) is 0 Å². The zero-order chi connectivity index (χ0) is 19.8. The smallest absolute Gasteiger partial charge is 0.387 e. The Bertz CT molecular complexity index is 742. The van der Waals surface area contributed by atoms with Gasteiger partial charge in [-0.25, -0.2) is 0 Å². The van der Waals surface area contributed by atoms with E-state index in [-0.39, 0.29) is 18.0 Å². The van der Waals surface area contributed by atoms with Gasteiger partial charge in [0.2, 0.25) is 0 Å². The first-order valence-electron chi connectivity index (χ1n) is 8.21. The molecule has 8 heteroatoms. The number of aliphatic hydroxyl groups is 1. The average molecular weight is 383 g/mol. The standard InChI is InChI=1S/C19H23F2NO5/c1-24-13-5-7-16(25-2)14(9-13)15(23)11-22-10-12-4-6-17(27-19(20)21)18(8-12)26-3/h4-9,15,19,22-23H,10-11H2,1-3H3. The van der Waals surface area contributed by atoms with Gasteiger partial charge in [-0.3, -0.25) is 0 Å². The molecule has 148 valence electrons. The van der Waals surface area contributed by atoms with Crippen LogP contribution in [0.4, 0.5) is 8.78 Å². The maximum Gasteiger partial charge on any atom is 0.387 e. The van der Waals surface area contributed by atoms with Crippen molar-refractivity contribution in [3.63, 3.8) is 0 Å². The van der Waals surface area contributed by atoms with Crippen molar-refractivity contribution < 1.29 is 32.8 Å². The van der Waals surface area contributed by atoms with Gasteiger partial charge >= 0.3 is 6.61 Å². The topological polar surface area (TPSA) is 69.2 Å². The SMILES string of the molecule is COc1ccc(OC)c(C(O)CNCc2ccc(OC(F)F)c(OC)c2)c1. The largest absolute Gasteiger partial charge is 0.497 e. The number of methoxy groups -OCH3 is 3. The van der Waals surface area contributed by atoms with E-state index < -0.39 is 12.7 Å². The van der Waals surface area contributed by atoms with Gasteiger partial charge in [0.1, 0.15) is 11.5 Å². The fourth-order valence-electron chi connectivity index (χ4n) is 2.58. The Morgan fingerprint density at radius 3 is 2.26 bits per heavy atom. The summed E-state index contributed by atoms with van der Waals surface area (Å²) in [4.78, 5) is 0. The highest BCUT2D eigenvalue weighted by Gasteiger charge is 2.15. The van der Waals surface area contributed by atoms with Gasteiger partial charge in [0.25, 0.3) is 0 Å². The van der Waals surface area contributed by atoms with Crippen molar-refractivity contribution >= 4 is 0 Å². The summed E-state index contributed by atoms with van der Waals surface area (Å²) in [5, 5.41) is 13.6. The van der Waals surface area contributed by atoms with Crippen LogP contribution in [-0.4, -0.2) is 39.6 Å². The molecule has 2 aromatic carbocycles. The van der Waals surface area contributed by atoms with Crippen LogP contribution in [0, 0.1) is 0 Å². The minimum Gasteiger partial charge on any atom is -0.497 e. The Morgan fingerprint density at radius 2 is 1.63 bits per heavy atom. The molecule has 0 amide bonds. The molecular formula is C19H23F2NO5. The predicted octanol–water partition coefficient (Wildman–Crippen LogP) is 3.14. The molecular weight excluding hydrogens is 360 g/mol. The minimum absolute atomic E-state index is 0.0302. The molecule has 0 aliphatic rings. The Morgan fingerprint density at radius 1 is 0.926 bits per heavy atom. The van der Waals surface area contributed by atoms with Gasteiger partial charge in [0.05, 0.1) is 27.4 Å². The van der Waals surface area contributed by atoms with E-state index in [1.807, 2.05) is 0 Å². The molecule has 0 spiro atoms. The summed E-state index contributed by atoms with van der Waals surface area (Å²) in [6, 6.07) is 9.85. The number of nitrogens with one attached hydrogen (secondary N) is 1. The normalized spacial score (nSPS) is 12.0. The fraction of sp³-hybridized carbons (Fsp3) is 0.368. The van der Waals surface area contributed by atoms with Gasteiger partial charge in [-0.2, -0.15) is 8.78 Å². The van der Waals surface area contributed by atoms with E-state index in [9.17, 15) is 13.9 Å². The number of hydrogen-bond acceptors (Lipinski definition) is 6. The zero-order valence-corrected chi connectivity index (χ0v) is 15.4. The highest BCUT2D eigenvalue weighted by molar-refractivity contribution is 5.43. The van der Waals surface area contributed by atoms with E-state index in [2.05, 4.69) is 10.1 Å². The molecule has 0 aliphatic carbocycles. The van der Waals surface area contributed by atoms with E-state index in [1.54, 1.807) is 37.4 Å². The highest BCUT2D eigenvalue weighted by atomic mass is 19.3. The quantitative estimate of drug-likeness (QED) is 0.657. The third-order valence-electron chi connectivity index (χ3n) is 3.91. The maximum absolute atomic E-state index is 12.4. The Kier molecular flexibility index (Phi) is 7.63. The van der Waals surface area contributed by atoms with Gasteiger partial charge in [-0.1, -0.05) is 6.07 Å². The molecule has 0 saturated carbocycles. The van der Waals surface area contributed by atoms with Gasteiger partial charge in [0, 0.05) is 18.7 Å². The van der Waals surface area contributed by atoms with Crippen molar-refractivity contribution in [1.82, 2.24) is 5.32 Å². The number of benzene rings is 2. The van der Waals surface area contributed by atoms with Crippen molar-refractivity contribution in [2.75, 3.05) is 27.9 Å². The molecule has 0 radical (unpaired) electrons. The lowest BCUT2D eigenvalue weighted by molar-refractivity contribution is -0.0512. The lowest BCUT2D eigenvalue weighted by Crippen LogP contribution is -2.21. The van der Waals surface area contributed by atoms with Gasteiger partial charge in [-0.05, 0) is 35.9 Å². The Hall–Kier alpha value is -2.58. The van der Waals surface area contributed by atoms with Crippen molar-refractivity contribution in [2.24, 2.45) is 0 Å². The van der Waals surface area contributed by atoms with Crippen LogP contribution in [0.5, 0.6) is 23.0 Å². The zero-order valence-electron chi connectivity index (χ0n) is 15.4. The molecule has 6 nitrogen and oxygen atoms in total. The first-order chi connectivity index (χ1) is 13.0. The van der Waals surface area contributed by atoms with Crippen LogP contribution in [0.15, 0.2) is 36.4 Å². The molecule has 27 heavy (non-hydrogen) atoms. The van der Waals surface area contributed by atoms with Gasteiger partial charge in [-0.15, -0.1) is 0 Å². The summed E-state index contributed by atoms with van der Waals surface area (Å²) in [6.45, 7) is -2.27. The van der Waals surface area contributed by atoms with Crippen LogP contribution in [0.25, 0.3) is 0 Å². The number of aliphatic hydroxyl groups excluding tert-OH is 1. The molecule has 2 rings (SSSR count). The number of hydrogen-bond donors (Lipinski definition) is 2. The third-order valence-corrected chi connectivity index (χ3v) is 3.91. The lowest BCUT2D eigenvalue weighted by atomic mass is 10.1. The summed E-state index contributed by atoms with van der Waals surface area (Å²) in [5.41, 5.74) is 1.39. The van der Waals surface area contributed by atoms with Gasteiger partial charge < -0.3 is 29.4 Å². The Balaban J connectivity index is 1.99. The van der Waals surface area contributed by atoms with Crippen LogP contribution in [-0.2, 0) is 6.54 Å². The van der Waals surface area contributed by atoms with E-state index in [4.69, 9.17) is 14.2 Å². The summed E-state index contributed by atoms with van der Waals surface area (Å²) >= 11 is 0. The monoisotopic (exact) mass is 383 g/mol. The highest BCUT2D eigenvalue weighted by Crippen LogP contribution is 2.30. The van der Waals surface area contributed by atoms with E-state index in [0.717, 1.165) is 5.56 Å². The molecule has 2 N–H and O–H groups in total. The summed E-state index contributed by atoms with van der Waals surface area (Å²) in [6.07, 6.45) is -0.821. The lowest BCUT2D eigenvalue weighted by Gasteiger charge is -2.17. The van der Waals surface area contributed by atoms with E-state index >= 15 is 0 Å². The second-order valence-corrected chi connectivity index (χ2v) is 5.62. The van der Waals surface area contributed by atoms with E-state index in [1.165, 1.54) is 20.3 Å². The van der Waals surface area contributed by atoms with Gasteiger partial charge in [0.15, 0.2) is 11.5 Å². The van der Waals surface area contributed by atoms with Crippen LogP contribution >= 0.6 is 0 Å². The average Bonchev–Trinajstić information content (AvgIpc) is 2.67. The molecule has 2 aromatic rings. The first kappa shape index (κ1) is 20.7. The molecule has 1 atom stereocenters. The summed E-state index contributed by atoms with van der Waals surface area (Å²) < 4.78 is 44.7. The number of alkyl halides is 2. The molecule has 0 saturated heterocycles. The molecule has 0 bridgehead atoms. The Labute approximate surface area is 156 Å². The molecule has 0 heterocycles. The van der Waals surface area contributed by atoms with Crippen LogP contribution < -0.4 is 24.3 Å². The van der Waals surface area contributed by atoms with Crippen molar-refractivity contribution in [3.8, 4) is 23.0 Å². The number of rotatable bonds is 10. The van der Waals surface area contributed by atoms with Crippen molar-refractivity contribution in [3.05, 3.63) is 47.5 Å². The summed E-state index contributed by atoms with van der Waals surface area (Å²) in [5.74, 6) is 1.35. The van der Waals surface area contributed by atoms with Crippen LogP contribution in [0.3, 0.4) is 0 Å². The first-order valence-corrected chi connectivity index (χ1v) is 8.21. The maximum atomic E-state index is 12.4. The predicted molar refractivity (Wildman–Crippen MR) is 95.8 cm³/mol. The second kappa shape index (κ2) is 9.94.